The number of ether oxygens (including phenoxy) is 3. The molecule has 0 saturated carbocycles. The number of amides is 2. The number of hydrogen-bond acceptors (Lipinski definition) is 6. The van der Waals surface area contributed by atoms with E-state index in [0.29, 0.717) is 32.7 Å². The maximum Gasteiger partial charge on any atom is 0.411 e. The zero-order chi connectivity index (χ0) is 23.2. The molecule has 0 unspecified atom stereocenters. The molecule has 2 amide bonds. The molecule has 2 saturated heterocycles. The second-order valence-corrected chi connectivity index (χ2v) is 9.60. The molecule has 2 aliphatic rings. The highest BCUT2D eigenvalue weighted by Gasteiger charge is 2.63. The van der Waals surface area contributed by atoms with Gasteiger partial charge in [0.1, 0.15) is 11.1 Å². The fraction of sp³-hybridized carbons (Fsp3) is 0.870. The van der Waals surface area contributed by atoms with Crippen molar-refractivity contribution in [1.29, 1.82) is 0 Å². The quantitative estimate of drug-likeness (QED) is 0.294. The van der Waals surface area contributed by atoms with Crippen LogP contribution in [-0.2, 0) is 23.8 Å². The fourth-order valence-electron chi connectivity index (χ4n) is 4.15. The smallest absolute Gasteiger partial charge is 0.411 e. The van der Waals surface area contributed by atoms with E-state index in [2.05, 4.69) is 6.92 Å². The van der Waals surface area contributed by atoms with Crippen molar-refractivity contribution in [3.63, 3.8) is 0 Å². The number of nitrogens with zero attached hydrogens (tertiary/aromatic N) is 2. The van der Waals surface area contributed by atoms with Crippen LogP contribution in [0.4, 0.5) is 4.79 Å². The Balaban J connectivity index is 2.14. The number of carbonyl (C=O) groups is 3. The second-order valence-electron chi connectivity index (χ2n) is 9.60. The van der Waals surface area contributed by atoms with E-state index < -0.39 is 35.3 Å². The first-order valence-corrected chi connectivity index (χ1v) is 11.7. The van der Waals surface area contributed by atoms with Crippen LogP contribution in [-0.4, -0.2) is 77.4 Å². The molecule has 0 bridgehead atoms. The van der Waals surface area contributed by atoms with Gasteiger partial charge in [0.25, 0.3) is 5.91 Å². The predicted molar refractivity (Wildman–Crippen MR) is 117 cm³/mol. The maximum atomic E-state index is 13.4. The Morgan fingerprint density at radius 2 is 1.77 bits per heavy atom. The van der Waals surface area contributed by atoms with E-state index in [0.717, 1.165) is 32.1 Å². The summed E-state index contributed by atoms with van der Waals surface area (Å²) >= 11 is 0. The van der Waals surface area contributed by atoms with E-state index in [-0.39, 0.29) is 5.91 Å². The summed E-state index contributed by atoms with van der Waals surface area (Å²) < 4.78 is 16.8. The van der Waals surface area contributed by atoms with Crippen molar-refractivity contribution in [3.05, 3.63) is 0 Å². The van der Waals surface area contributed by atoms with E-state index in [1.807, 2.05) is 6.92 Å². The predicted octanol–water partition coefficient (Wildman–Crippen LogP) is 3.52. The van der Waals surface area contributed by atoms with Crippen LogP contribution in [0.25, 0.3) is 0 Å². The van der Waals surface area contributed by atoms with Crippen LogP contribution in [0.2, 0.25) is 0 Å². The minimum absolute atomic E-state index is 0.223. The molecule has 0 N–H and O–H groups in total. The molecule has 2 heterocycles. The van der Waals surface area contributed by atoms with Crippen molar-refractivity contribution in [2.24, 2.45) is 0 Å². The molecular weight excluding hydrogens is 400 g/mol. The van der Waals surface area contributed by atoms with Gasteiger partial charge in [-0.3, -0.25) is 9.69 Å². The Hall–Kier alpha value is -1.83. The summed E-state index contributed by atoms with van der Waals surface area (Å²) in [7, 11) is 0. The molecule has 2 rings (SSSR count). The number of likely N-dealkylation sites (tertiary alicyclic amines) is 2. The van der Waals surface area contributed by atoms with Gasteiger partial charge in [-0.05, 0) is 53.4 Å². The summed E-state index contributed by atoms with van der Waals surface area (Å²) in [5, 5.41) is 0. The zero-order valence-electron chi connectivity index (χ0n) is 20.1. The van der Waals surface area contributed by atoms with Crippen molar-refractivity contribution in [1.82, 2.24) is 9.80 Å². The Labute approximate surface area is 186 Å². The highest BCUT2D eigenvalue weighted by Crippen LogP contribution is 2.41. The van der Waals surface area contributed by atoms with Gasteiger partial charge < -0.3 is 19.1 Å². The van der Waals surface area contributed by atoms with Gasteiger partial charge in [0, 0.05) is 13.2 Å². The number of carbonyl (C=O) groups excluding carboxylic acids is 3. The third kappa shape index (κ3) is 5.90. The van der Waals surface area contributed by atoms with Crippen LogP contribution in [0, 0.1) is 0 Å². The number of esters is 1. The van der Waals surface area contributed by atoms with Gasteiger partial charge in [-0.25, -0.2) is 9.59 Å². The molecule has 3 atom stereocenters. The summed E-state index contributed by atoms with van der Waals surface area (Å²) in [5.41, 5.74) is -1.56. The topological polar surface area (TPSA) is 85.4 Å². The maximum absolute atomic E-state index is 13.4. The SMILES string of the molecule is CCCCOC(=O)[C@H]([C@@H](C)OCCCC)N1C[C@]2(CCCN2C(=O)OC(C)(C)C)C1=O. The third-order valence-corrected chi connectivity index (χ3v) is 5.84. The number of β-lactam (4-membered cyclic amide) rings is 1. The lowest BCUT2D eigenvalue weighted by atomic mass is 9.83. The number of hydrogen-bond donors (Lipinski definition) is 0. The summed E-state index contributed by atoms with van der Waals surface area (Å²) in [4.78, 5) is 42.1. The van der Waals surface area contributed by atoms with Gasteiger partial charge in [0.2, 0.25) is 0 Å². The molecular formula is C23H40N2O6. The van der Waals surface area contributed by atoms with Crippen molar-refractivity contribution in [2.75, 3.05) is 26.3 Å². The lowest BCUT2D eigenvalue weighted by molar-refractivity contribution is -0.181. The number of unbranched alkanes of at least 4 members (excludes halogenated alkanes) is 2. The Morgan fingerprint density at radius 3 is 2.35 bits per heavy atom. The Bertz CT molecular complexity index is 646. The lowest BCUT2D eigenvalue weighted by Gasteiger charge is -2.53. The largest absolute Gasteiger partial charge is 0.464 e. The van der Waals surface area contributed by atoms with Gasteiger partial charge in [-0.2, -0.15) is 0 Å². The van der Waals surface area contributed by atoms with Crippen LogP contribution in [0.1, 0.15) is 80.1 Å². The number of rotatable bonds is 10. The van der Waals surface area contributed by atoms with Crippen LogP contribution >= 0.6 is 0 Å². The van der Waals surface area contributed by atoms with Gasteiger partial charge in [-0.15, -0.1) is 0 Å². The summed E-state index contributed by atoms with van der Waals surface area (Å²) in [6.07, 6.45) is 3.88. The molecule has 178 valence electrons. The van der Waals surface area contributed by atoms with Crippen molar-refractivity contribution in [2.45, 2.75) is 103 Å². The van der Waals surface area contributed by atoms with Gasteiger partial charge in [-0.1, -0.05) is 26.7 Å². The molecule has 31 heavy (non-hydrogen) atoms. The average molecular weight is 441 g/mol. The van der Waals surface area contributed by atoms with E-state index in [1.54, 1.807) is 32.6 Å². The first-order chi connectivity index (χ1) is 14.6. The molecule has 0 aromatic heterocycles. The van der Waals surface area contributed by atoms with E-state index >= 15 is 0 Å². The molecule has 8 nitrogen and oxygen atoms in total. The minimum atomic E-state index is -0.923. The third-order valence-electron chi connectivity index (χ3n) is 5.84. The van der Waals surface area contributed by atoms with Crippen LogP contribution in [0.15, 0.2) is 0 Å². The molecule has 0 aromatic carbocycles. The highest BCUT2D eigenvalue weighted by atomic mass is 16.6. The van der Waals surface area contributed by atoms with E-state index in [9.17, 15) is 14.4 Å². The first-order valence-electron chi connectivity index (χ1n) is 11.7. The fourth-order valence-corrected chi connectivity index (χ4v) is 4.15. The van der Waals surface area contributed by atoms with Crippen molar-refractivity contribution in [3.8, 4) is 0 Å². The summed E-state index contributed by atoms with van der Waals surface area (Å²) in [5.74, 6) is -0.665. The van der Waals surface area contributed by atoms with Gasteiger partial charge >= 0.3 is 12.1 Å². The highest BCUT2D eigenvalue weighted by molar-refractivity contribution is 5.99. The van der Waals surface area contributed by atoms with Crippen LogP contribution < -0.4 is 0 Å². The van der Waals surface area contributed by atoms with E-state index in [4.69, 9.17) is 14.2 Å². The van der Waals surface area contributed by atoms with Gasteiger partial charge in [0.05, 0.1) is 19.3 Å². The van der Waals surface area contributed by atoms with Crippen LogP contribution in [0.5, 0.6) is 0 Å². The molecule has 2 fully saturated rings. The van der Waals surface area contributed by atoms with Crippen LogP contribution in [0.3, 0.4) is 0 Å². The molecule has 0 aliphatic carbocycles. The van der Waals surface area contributed by atoms with Gasteiger partial charge in [0.15, 0.2) is 6.04 Å². The molecule has 0 radical (unpaired) electrons. The molecule has 8 heteroatoms. The Morgan fingerprint density at radius 1 is 1.13 bits per heavy atom. The second kappa shape index (κ2) is 10.7. The summed E-state index contributed by atoms with van der Waals surface area (Å²) in [6.45, 7) is 12.9. The summed E-state index contributed by atoms with van der Waals surface area (Å²) in [6, 6.07) is -0.812. The lowest BCUT2D eigenvalue weighted by Crippen LogP contribution is -2.76. The molecule has 1 spiro atoms. The molecule has 2 aliphatic heterocycles. The first kappa shape index (κ1) is 25.4. The minimum Gasteiger partial charge on any atom is -0.464 e. The van der Waals surface area contributed by atoms with E-state index in [1.165, 1.54) is 4.90 Å². The standard InChI is InChI=1S/C23H40N2O6/c1-7-9-14-29-17(3)18(19(26)30-15-10-8-2)24-16-23(20(24)27)12-11-13-25(23)21(28)31-22(4,5)6/h17-18H,7-16H2,1-6H3/t17-,18+,23-/m1/s1. The zero-order valence-corrected chi connectivity index (χ0v) is 20.1. The average Bonchev–Trinajstić information content (AvgIpc) is 3.13. The molecule has 0 aromatic rings. The normalized spacial score (nSPS) is 23.0. The van der Waals surface area contributed by atoms with Crippen molar-refractivity contribution >= 4 is 18.0 Å². The monoisotopic (exact) mass is 440 g/mol. The van der Waals surface area contributed by atoms with Crippen molar-refractivity contribution < 1.29 is 28.6 Å². The Kier molecular flexibility index (Phi) is 8.74.